The predicted molar refractivity (Wildman–Crippen MR) is 104 cm³/mol. The topological polar surface area (TPSA) is 66.8 Å². The number of nitrogens with zero attached hydrogens (tertiary/aromatic N) is 4. The van der Waals surface area contributed by atoms with Crippen molar-refractivity contribution in [3.05, 3.63) is 59.6 Å². The van der Waals surface area contributed by atoms with Gasteiger partial charge in [-0.15, -0.1) is 0 Å². The quantitative estimate of drug-likeness (QED) is 0.750. The minimum absolute atomic E-state index is 0.0527. The number of amides is 1. The first-order valence-electron chi connectivity index (χ1n) is 9.59. The van der Waals surface area contributed by atoms with Crippen molar-refractivity contribution in [1.82, 2.24) is 24.6 Å². The minimum atomic E-state index is -0.328. The molecule has 3 heterocycles. The van der Waals surface area contributed by atoms with Crippen LogP contribution in [0.4, 0.5) is 4.39 Å². The van der Waals surface area contributed by atoms with Crippen molar-refractivity contribution in [3.63, 3.8) is 0 Å². The Morgan fingerprint density at radius 3 is 2.86 bits per heavy atom. The van der Waals surface area contributed by atoms with E-state index < -0.39 is 0 Å². The molecule has 4 rings (SSSR count). The zero-order valence-electron chi connectivity index (χ0n) is 16.3. The molecule has 6 nitrogen and oxygen atoms in total. The van der Waals surface area contributed by atoms with E-state index in [1.165, 1.54) is 12.1 Å². The maximum atomic E-state index is 13.7. The molecule has 0 saturated heterocycles. The van der Waals surface area contributed by atoms with Crippen molar-refractivity contribution < 1.29 is 9.18 Å². The van der Waals surface area contributed by atoms with Crippen LogP contribution < -0.4 is 0 Å². The first-order valence-corrected chi connectivity index (χ1v) is 9.59. The van der Waals surface area contributed by atoms with Crippen LogP contribution in [0.2, 0.25) is 0 Å². The van der Waals surface area contributed by atoms with Gasteiger partial charge in [0.2, 0.25) is 5.91 Å². The fourth-order valence-electron chi connectivity index (χ4n) is 3.84. The Labute approximate surface area is 163 Å². The van der Waals surface area contributed by atoms with Crippen molar-refractivity contribution >= 4 is 5.91 Å². The molecule has 0 bridgehead atoms. The first-order chi connectivity index (χ1) is 13.5. The predicted octanol–water partition coefficient (Wildman–Crippen LogP) is 3.68. The summed E-state index contributed by atoms with van der Waals surface area (Å²) in [6.07, 6.45) is 4.31. The lowest BCUT2D eigenvalue weighted by atomic mass is 10.0. The zero-order chi connectivity index (χ0) is 19.8. The van der Waals surface area contributed by atoms with Gasteiger partial charge in [0.05, 0.1) is 5.69 Å². The molecule has 1 aliphatic rings. The van der Waals surface area contributed by atoms with Crippen LogP contribution in [0.15, 0.2) is 36.7 Å². The van der Waals surface area contributed by atoms with E-state index in [9.17, 15) is 9.18 Å². The number of fused-ring (bicyclic) bond motifs is 1. The van der Waals surface area contributed by atoms with Gasteiger partial charge in [-0.05, 0) is 19.1 Å². The molecule has 28 heavy (non-hydrogen) atoms. The van der Waals surface area contributed by atoms with E-state index in [0.29, 0.717) is 25.2 Å². The number of carbonyl (C=O) groups excluding carboxylic acids is 1. The summed E-state index contributed by atoms with van der Waals surface area (Å²) in [4.78, 5) is 19.4. The van der Waals surface area contributed by atoms with Gasteiger partial charge in [0.25, 0.3) is 0 Å². The van der Waals surface area contributed by atoms with Gasteiger partial charge in [-0.1, -0.05) is 26.0 Å². The Morgan fingerprint density at radius 2 is 2.11 bits per heavy atom. The number of benzene rings is 1. The standard InChI is InChI=1S/C21H24FN5O/c1-13(2)20-23-8-10-27(20)14(3)21(28)26-9-7-18-17(12-26)19(25-24-18)15-5-4-6-16(22)11-15/h4-6,8,10-11,13-14H,7,9,12H2,1-3H3,(H,24,25)/t14-/m1/s1. The molecular weight excluding hydrogens is 357 g/mol. The molecule has 146 valence electrons. The molecule has 3 aromatic rings. The number of hydrogen-bond acceptors (Lipinski definition) is 3. The van der Waals surface area contributed by atoms with Gasteiger partial charge in [0.1, 0.15) is 17.7 Å². The average molecular weight is 381 g/mol. The van der Waals surface area contributed by atoms with Gasteiger partial charge in [-0.2, -0.15) is 5.10 Å². The normalized spacial score (nSPS) is 15.0. The third-order valence-corrected chi connectivity index (χ3v) is 5.33. The second-order valence-corrected chi connectivity index (χ2v) is 7.57. The van der Waals surface area contributed by atoms with Crippen LogP contribution in [0.25, 0.3) is 11.3 Å². The molecule has 0 radical (unpaired) electrons. The molecule has 0 aliphatic carbocycles. The summed E-state index contributed by atoms with van der Waals surface area (Å²) >= 11 is 0. The van der Waals surface area contributed by atoms with Gasteiger partial charge < -0.3 is 9.47 Å². The van der Waals surface area contributed by atoms with Crippen molar-refractivity contribution in [3.8, 4) is 11.3 Å². The molecule has 1 aliphatic heterocycles. The van der Waals surface area contributed by atoms with Crippen LogP contribution in [0, 0.1) is 5.82 Å². The Hall–Kier alpha value is -2.96. The number of halogens is 1. The van der Waals surface area contributed by atoms with Crippen LogP contribution in [0.1, 0.15) is 49.8 Å². The third-order valence-electron chi connectivity index (χ3n) is 5.33. The van der Waals surface area contributed by atoms with E-state index in [0.717, 1.165) is 22.6 Å². The van der Waals surface area contributed by atoms with Gasteiger partial charge in [-0.25, -0.2) is 9.37 Å². The summed E-state index contributed by atoms with van der Waals surface area (Å²) in [5.41, 5.74) is 3.41. The summed E-state index contributed by atoms with van der Waals surface area (Å²) in [6.45, 7) is 7.15. The van der Waals surface area contributed by atoms with Crippen LogP contribution in [-0.2, 0) is 17.8 Å². The molecule has 0 saturated carbocycles. The number of aromatic amines is 1. The molecule has 2 aromatic heterocycles. The first kappa shape index (κ1) is 18.4. The summed E-state index contributed by atoms with van der Waals surface area (Å²) < 4.78 is 15.6. The Bertz CT molecular complexity index is 1010. The van der Waals surface area contributed by atoms with E-state index in [-0.39, 0.29) is 23.7 Å². The van der Waals surface area contributed by atoms with Crippen LogP contribution >= 0.6 is 0 Å². The number of nitrogens with one attached hydrogen (secondary N) is 1. The highest BCUT2D eigenvalue weighted by Gasteiger charge is 2.29. The lowest BCUT2D eigenvalue weighted by Gasteiger charge is -2.30. The molecule has 0 spiro atoms. The summed E-state index contributed by atoms with van der Waals surface area (Å²) in [5, 5.41) is 7.45. The fourth-order valence-corrected chi connectivity index (χ4v) is 3.84. The number of rotatable bonds is 4. The minimum Gasteiger partial charge on any atom is -0.336 e. The highest BCUT2D eigenvalue weighted by Crippen LogP contribution is 2.30. The maximum Gasteiger partial charge on any atom is 0.245 e. The van der Waals surface area contributed by atoms with Crippen molar-refractivity contribution in [2.75, 3.05) is 6.54 Å². The number of hydrogen-bond donors (Lipinski definition) is 1. The number of carbonyl (C=O) groups is 1. The molecule has 1 aromatic carbocycles. The van der Waals surface area contributed by atoms with Crippen LogP contribution in [0.5, 0.6) is 0 Å². The highest BCUT2D eigenvalue weighted by molar-refractivity contribution is 5.81. The van der Waals surface area contributed by atoms with Gasteiger partial charge in [0.15, 0.2) is 0 Å². The van der Waals surface area contributed by atoms with Crippen molar-refractivity contribution in [1.29, 1.82) is 0 Å². The third kappa shape index (κ3) is 3.21. The van der Waals surface area contributed by atoms with Gasteiger partial charge >= 0.3 is 0 Å². The molecule has 1 atom stereocenters. The number of imidazole rings is 1. The molecule has 0 fully saturated rings. The monoisotopic (exact) mass is 381 g/mol. The van der Waals surface area contributed by atoms with Crippen LogP contribution in [0.3, 0.4) is 0 Å². The highest BCUT2D eigenvalue weighted by atomic mass is 19.1. The largest absolute Gasteiger partial charge is 0.336 e. The molecule has 7 heteroatoms. The second-order valence-electron chi connectivity index (χ2n) is 7.57. The van der Waals surface area contributed by atoms with E-state index in [1.807, 2.05) is 28.7 Å². The van der Waals surface area contributed by atoms with E-state index in [2.05, 4.69) is 29.0 Å². The molecule has 0 unspecified atom stereocenters. The number of H-pyrrole nitrogens is 1. The number of aromatic nitrogens is 4. The Balaban J connectivity index is 1.59. The average Bonchev–Trinajstić information content (AvgIpc) is 3.33. The van der Waals surface area contributed by atoms with E-state index >= 15 is 0 Å². The SMILES string of the molecule is CC(C)c1nccn1[C@H](C)C(=O)N1CCc2[nH]nc(-c3cccc(F)c3)c2C1. The Morgan fingerprint density at radius 1 is 1.29 bits per heavy atom. The molecule has 1 amide bonds. The summed E-state index contributed by atoms with van der Waals surface area (Å²) in [7, 11) is 0. The van der Waals surface area contributed by atoms with Gasteiger partial charge in [0, 0.05) is 54.6 Å². The second kappa shape index (κ2) is 7.22. The maximum absolute atomic E-state index is 13.7. The van der Waals surface area contributed by atoms with Crippen molar-refractivity contribution in [2.45, 2.75) is 45.7 Å². The van der Waals surface area contributed by atoms with E-state index in [1.54, 1.807) is 12.3 Å². The lowest BCUT2D eigenvalue weighted by molar-refractivity contribution is -0.135. The fraction of sp³-hybridized carbons (Fsp3) is 0.381. The van der Waals surface area contributed by atoms with Crippen molar-refractivity contribution in [2.24, 2.45) is 0 Å². The smallest absolute Gasteiger partial charge is 0.245 e. The summed E-state index contributed by atoms with van der Waals surface area (Å²) in [5.74, 6) is 0.902. The molecular formula is C21H24FN5O. The van der Waals surface area contributed by atoms with E-state index in [4.69, 9.17) is 0 Å². The molecule has 1 N–H and O–H groups in total. The van der Waals surface area contributed by atoms with Crippen LogP contribution in [-0.4, -0.2) is 37.1 Å². The Kier molecular flexibility index (Phi) is 4.75. The summed E-state index contributed by atoms with van der Waals surface area (Å²) in [6, 6.07) is 6.07. The zero-order valence-corrected chi connectivity index (χ0v) is 16.3. The lowest BCUT2D eigenvalue weighted by Crippen LogP contribution is -2.40. The van der Waals surface area contributed by atoms with Gasteiger partial charge in [-0.3, -0.25) is 9.89 Å².